The Bertz CT molecular complexity index is 2870. The van der Waals surface area contributed by atoms with E-state index >= 15 is 0 Å². The second-order valence-electron chi connectivity index (χ2n) is 12.9. The Kier molecular flexibility index (Phi) is 6.75. The van der Waals surface area contributed by atoms with Crippen molar-refractivity contribution >= 4 is 80.9 Å². The molecular formula is C48H31NS. The van der Waals surface area contributed by atoms with Crippen LogP contribution in [-0.2, 0) is 0 Å². The van der Waals surface area contributed by atoms with E-state index in [4.69, 9.17) is 0 Å². The molecular weight excluding hydrogens is 623 g/mol. The SMILES string of the molecule is c1ccc(-c2ccccc2N(c2ccc(-c3cccc4c3sc3c5ccccc5ccc43)cc2)c2ccc3ccc4ccccc4c3c2)cc1. The maximum Gasteiger partial charge on any atom is 0.0540 e. The summed E-state index contributed by atoms with van der Waals surface area (Å²) in [6, 6.07) is 68.6. The molecule has 0 fully saturated rings. The summed E-state index contributed by atoms with van der Waals surface area (Å²) < 4.78 is 2.69. The molecule has 0 aliphatic heterocycles. The summed E-state index contributed by atoms with van der Waals surface area (Å²) in [6.45, 7) is 0. The Balaban J connectivity index is 1.15. The molecule has 0 bridgehead atoms. The van der Waals surface area contributed by atoms with Crippen LogP contribution in [0.5, 0.6) is 0 Å². The molecule has 0 aliphatic carbocycles. The third-order valence-corrected chi connectivity index (χ3v) is 11.3. The van der Waals surface area contributed by atoms with Crippen molar-refractivity contribution < 1.29 is 0 Å². The van der Waals surface area contributed by atoms with Crippen molar-refractivity contribution in [2.24, 2.45) is 0 Å². The van der Waals surface area contributed by atoms with E-state index in [1.54, 1.807) is 0 Å². The van der Waals surface area contributed by atoms with Crippen LogP contribution < -0.4 is 4.90 Å². The molecule has 10 aromatic rings. The maximum atomic E-state index is 2.42. The minimum Gasteiger partial charge on any atom is -0.310 e. The normalized spacial score (nSPS) is 11.6. The zero-order valence-corrected chi connectivity index (χ0v) is 28.1. The summed E-state index contributed by atoms with van der Waals surface area (Å²) >= 11 is 1.91. The maximum absolute atomic E-state index is 2.42. The highest BCUT2D eigenvalue weighted by Gasteiger charge is 2.19. The van der Waals surface area contributed by atoms with Crippen molar-refractivity contribution in [2.45, 2.75) is 0 Å². The lowest BCUT2D eigenvalue weighted by molar-refractivity contribution is 1.29. The van der Waals surface area contributed by atoms with Gasteiger partial charge in [0.25, 0.3) is 0 Å². The summed E-state index contributed by atoms with van der Waals surface area (Å²) in [7, 11) is 0. The molecule has 50 heavy (non-hydrogen) atoms. The minimum absolute atomic E-state index is 1.12. The fraction of sp³-hybridized carbons (Fsp3) is 0. The van der Waals surface area contributed by atoms with Crippen LogP contribution in [0.3, 0.4) is 0 Å². The van der Waals surface area contributed by atoms with E-state index in [1.807, 2.05) is 11.3 Å². The number of nitrogens with zero attached hydrogens (tertiary/aromatic N) is 1. The van der Waals surface area contributed by atoms with Crippen LogP contribution in [0, 0.1) is 0 Å². The highest BCUT2D eigenvalue weighted by molar-refractivity contribution is 7.27. The topological polar surface area (TPSA) is 3.24 Å². The van der Waals surface area contributed by atoms with Gasteiger partial charge in [0.05, 0.1) is 5.69 Å². The van der Waals surface area contributed by atoms with E-state index in [0.717, 1.165) is 17.1 Å². The van der Waals surface area contributed by atoms with Crippen molar-refractivity contribution in [2.75, 3.05) is 4.90 Å². The number of para-hydroxylation sites is 1. The standard InChI is InChI=1S/C48H31NS/c1-2-11-32(12-3-1)40-16-8-9-20-46(40)49(38-29-25-36-22-21-33-13-4-6-15-39(33)45(36)31-38)37-27-23-35(24-28-37)42-18-10-19-43-44-30-26-34-14-5-7-17-41(34)48(44)50-47(42)43/h1-31H. The summed E-state index contributed by atoms with van der Waals surface area (Å²) in [5, 5.41) is 10.3. The molecule has 0 unspecified atom stereocenters. The number of fused-ring (bicyclic) bond motifs is 8. The lowest BCUT2D eigenvalue weighted by atomic mass is 9.98. The lowest BCUT2D eigenvalue weighted by Gasteiger charge is -2.28. The zero-order chi connectivity index (χ0) is 33.0. The number of rotatable bonds is 5. The molecule has 0 atom stereocenters. The summed E-state index contributed by atoms with van der Waals surface area (Å²) in [4.78, 5) is 2.42. The summed E-state index contributed by atoms with van der Waals surface area (Å²) in [6.07, 6.45) is 0. The third kappa shape index (κ3) is 4.69. The second kappa shape index (κ2) is 11.7. The molecule has 0 N–H and O–H groups in total. The number of hydrogen-bond acceptors (Lipinski definition) is 2. The Morgan fingerprint density at radius 1 is 0.320 bits per heavy atom. The van der Waals surface area contributed by atoms with E-state index in [9.17, 15) is 0 Å². The van der Waals surface area contributed by atoms with Crippen LogP contribution in [0.1, 0.15) is 0 Å². The molecule has 1 aromatic heterocycles. The summed E-state index contributed by atoms with van der Waals surface area (Å²) in [5.74, 6) is 0. The highest BCUT2D eigenvalue weighted by atomic mass is 32.1. The number of thiophene rings is 1. The van der Waals surface area contributed by atoms with E-state index in [-0.39, 0.29) is 0 Å². The quantitative estimate of drug-likeness (QED) is 0.167. The average molecular weight is 654 g/mol. The van der Waals surface area contributed by atoms with E-state index < -0.39 is 0 Å². The predicted octanol–water partition coefficient (Wildman–Crippen LogP) is 14.3. The van der Waals surface area contributed by atoms with Gasteiger partial charge in [-0.15, -0.1) is 11.3 Å². The Labute approximate surface area is 294 Å². The molecule has 0 radical (unpaired) electrons. The molecule has 0 aliphatic rings. The fourth-order valence-corrected chi connectivity index (χ4v) is 9.00. The van der Waals surface area contributed by atoms with Crippen LogP contribution in [0.15, 0.2) is 188 Å². The Morgan fingerprint density at radius 3 is 1.72 bits per heavy atom. The molecule has 0 amide bonds. The van der Waals surface area contributed by atoms with Crippen molar-refractivity contribution in [1.29, 1.82) is 0 Å². The van der Waals surface area contributed by atoms with E-state index in [2.05, 4.69) is 193 Å². The molecule has 1 heterocycles. The molecule has 9 aromatic carbocycles. The van der Waals surface area contributed by atoms with Crippen LogP contribution in [-0.4, -0.2) is 0 Å². The summed E-state index contributed by atoms with van der Waals surface area (Å²) in [5.41, 5.74) is 8.26. The smallest absolute Gasteiger partial charge is 0.0540 e. The predicted molar refractivity (Wildman–Crippen MR) is 217 cm³/mol. The van der Waals surface area contributed by atoms with Gasteiger partial charge in [0.2, 0.25) is 0 Å². The number of benzene rings is 9. The first kappa shape index (κ1) is 28.8. The van der Waals surface area contributed by atoms with E-state index in [1.165, 1.54) is 74.7 Å². The lowest BCUT2D eigenvalue weighted by Crippen LogP contribution is -2.11. The van der Waals surface area contributed by atoms with Crippen LogP contribution >= 0.6 is 11.3 Å². The van der Waals surface area contributed by atoms with Crippen molar-refractivity contribution in [3.63, 3.8) is 0 Å². The van der Waals surface area contributed by atoms with Crippen LogP contribution in [0.25, 0.3) is 74.7 Å². The van der Waals surface area contributed by atoms with Crippen LogP contribution in [0.4, 0.5) is 17.1 Å². The van der Waals surface area contributed by atoms with Crippen molar-refractivity contribution in [3.8, 4) is 22.3 Å². The largest absolute Gasteiger partial charge is 0.310 e. The minimum atomic E-state index is 1.12. The van der Waals surface area contributed by atoms with Crippen molar-refractivity contribution in [1.82, 2.24) is 0 Å². The van der Waals surface area contributed by atoms with Gasteiger partial charge in [-0.2, -0.15) is 0 Å². The first-order valence-electron chi connectivity index (χ1n) is 17.1. The van der Waals surface area contributed by atoms with Gasteiger partial charge in [0, 0.05) is 37.1 Å². The molecule has 234 valence electrons. The fourth-order valence-electron chi connectivity index (χ4n) is 7.63. The monoisotopic (exact) mass is 653 g/mol. The van der Waals surface area contributed by atoms with Gasteiger partial charge in [-0.25, -0.2) is 0 Å². The van der Waals surface area contributed by atoms with Crippen molar-refractivity contribution in [3.05, 3.63) is 188 Å². The number of hydrogen-bond donors (Lipinski definition) is 0. The van der Waals surface area contributed by atoms with Gasteiger partial charge in [0.15, 0.2) is 0 Å². The van der Waals surface area contributed by atoms with Gasteiger partial charge in [-0.1, -0.05) is 158 Å². The molecule has 0 spiro atoms. The van der Waals surface area contributed by atoms with Gasteiger partial charge >= 0.3 is 0 Å². The molecule has 1 nitrogen and oxygen atoms in total. The molecule has 2 heteroatoms. The first-order valence-corrected chi connectivity index (χ1v) is 17.9. The van der Waals surface area contributed by atoms with Gasteiger partial charge < -0.3 is 4.90 Å². The molecule has 0 saturated carbocycles. The average Bonchev–Trinajstić information content (AvgIpc) is 3.58. The van der Waals surface area contributed by atoms with Crippen LogP contribution in [0.2, 0.25) is 0 Å². The van der Waals surface area contributed by atoms with Gasteiger partial charge in [0.1, 0.15) is 0 Å². The first-order chi connectivity index (χ1) is 24.8. The molecule has 10 rings (SSSR count). The molecule has 0 saturated heterocycles. The highest BCUT2D eigenvalue weighted by Crippen LogP contribution is 2.45. The third-order valence-electron chi connectivity index (χ3n) is 10.0. The Hall–Kier alpha value is -6.22. The number of anilines is 3. The zero-order valence-electron chi connectivity index (χ0n) is 27.3. The Morgan fingerprint density at radius 2 is 0.880 bits per heavy atom. The van der Waals surface area contributed by atoms with Gasteiger partial charge in [-0.05, 0) is 79.3 Å². The van der Waals surface area contributed by atoms with Gasteiger partial charge in [-0.3, -0.25) is 0 Å². The second-order valence-corrected chi connectivity index (χ2v) is 13.9. The van der Waals surface area contributed by atoms with E-state index in [0.29, 0.717) is 0 Å².